The average Bonchev–Trinajstić information content (AvgIpc) is 3.25. The standard InChI is InChI=1S/C18H19N7O/c1-11(2)25-17-13(10-20-25)8-14(9-19-17)18(26)21-12(3)16-23-22-15-6-4-5-7-24(15)16/h4-12H,1-3H3,(H,21,26)/t12-/m0/s1. The molecule has 4 rings (SSSR count). The third-order valence-electron chi connectivity index (χ3n) is 4.26. The van der Waals surface area contributed by atoms with Crippen molar-refractivity contribution in [2.75, 3.05) is 0 Å². The highest BCUT2D eigenvalue weighted by Crippen LogP contribution is 2.18. The van der Waals surface area contributed by atoms with Crippen LogP contribution >= 0.6 is 0 Å². The molecule has 8 nitrogen and oxygen atoms in total. The van der Waals surface area contributed by atoms with E-state index in [1.165, 1.54) is 0 Å². The number of rotatable bonds is 4. The Morgan fingerprint density at radius 1 is 1.15 bits per heavy atom. The summed E-state index contributed by atoms with van der Waals surface area (Å²) in [6.07, 6.45) is 5.18. The number of amides is 1. The number of fused-ring (bicyclic) bond motifs is 2. The lowest BCUT2D eigenvalue weighted by Crippen LogP contribution is -2.28. The first-order valence-electron chi connectivity index (χ1n) is 8.48. The maximum Gasteiger partial charge on any atom is 0.253 e. The van der Waals surface area contributed by atoms with Crippen LogP contribution in [0.1, 0.15) is 49.0 Å². The Bertz CT molecular complexity index is 1100. The first-order valence-corrected chi connectivity index (χ1v) is 8.48. The Morgan fingerprint density at radius 3 is 2.81 bits per heavy atom. The van der Waals surface area contributed by atoms with E-state index in [0.29, 0.717) is 11.4 Å². The van der Waals surface area contributed by atoms with E-state index in [0.717, 1.165) is 16.7 Å². The minimum atomic E-state index is -0.297. The van der Waals surface area contributed by atoms with Crippen LogP contribution in [0.4, 0.5) is 0 Å². The number of hydrogen-bond donors (Lipinski definition) is 1. The summed E-state index contributed by atoms with van der Waals surface area (Å²) >= 11 is 0. The Kier molecular flexibility index (Phi) is 3.87. The molecule has 1 atom stereocenters. The highest BCUT2D eigenvalue weighted by atomic mass is 16.1. The maximum absolute atomic E-state index is 12.6. The van der Waals surface area contributed by atoms with Crippen molar-refractivity contribution in [3.8, 4) is 0 Å². The molecule has 1 amide bonds. The molecule has 0 aliphatic heterocycles. The normalized spacial score (nSPS) is 12.8. The van der Waals surface area contributed by atoms with Gasteiger partial charge in [-0.15, -0.1) is 10.2 Å². The molecule has 0 fully saturated rings. The van der Waals surface area contributed by atoms with E-state index in [2.05, 4.69) is 25.6 Å². The monoisotopic (exact) mass is 349 g/mol. The molecule has 8 heteroatoms. The molecule has 0 saturated heterocycles. The number of nitrogens with one attached hydrogen (secondary N) is 1. The largest absolute Gasteiger partial charge is 0.342 e. The van der Waals surface area contributed by atoms with Gasteiger partial charge in [0.1, 0.15) is 0 Å². The van der Waals surface area contributed by atoms with Gasteiger partial charge in [0.05, 0.1) is 17.8 Å². The highest BCUT2D eigenvalue weighted by Gasteiger charge is 2.18. The molecule has 0 spiro atoms. The average molecular weight is 349 g/mol. The fraction of sp³-hybridized carbons (Fsp3) is 0.278. The molecular weight excluding hydrogens is 330 g/mol. The van der Waals surface area contributed by atoms with Crippen LogP contribution in [0.2, 0.25) is 0 Å². The summed E-state index contributed by atoms with van der Waals surface area (Å²) in [6, 6.07) is 7.39. The lowest BCUT2D eigenvalue weighted by atomic mass is 10.2. The van der Waals surface area contributed by atoms with Crippen LogP contribution in [-0.4, -0.2) is 35.3 Å². The van der Waals surface area contributed by atoms with Gasteiger partial charge in [0.25, 0.3) is 5.91 Å². The third kappa shape index (κ3) is 2.69. The third-order valence-corrected chi connectivity index (χ3v) is 4.26. The van der Waals surface area contributed by atoms with Gasteiger partial charge in [-0.1, -0.05) is 6.07 Å². The molecule has 4 heterocycles. The fourth-order valence-corrected chi connectivity index (χ4v) is 2.94. The summed E-state index contributed by atoms with van der Waals surface area (Å²) in [6.45, 7) is 5.96. The number of carbonyl (C=O) groups is 1. The van der Waals surface area contributed by atoms with E-state index < -0.39 is 0 Å². The molecule has 0 aromatic carbocycles. The SMILES string of the molecule is CC(C)n1ncc2cc(C(=O)N[C@@H](C)c3nnc4ccccn34)cnc21. The molecule has 4 aromatic rings. The second-order valence-electron chi connectivity index (χ2n) is 6.50. The molecule has 0 bridgehead atoms. The van der Waals surface area contributed by atoms with Crippen molar-refractivity contribution in [3.63, 3.8) is 0 Å². The summed E-state index contributed by atoms with van der Waals surface area (Å²) in [4.78, 5) is 17.0. The van der Waals surface area contributed by atoms with Crippen LogP contribution in [-0.2, 0) is 0 Å². The molecule has 132 valence electrons. The summed E-state index contributed by atoms with van der Waals surface area (Å²) in [5.41, 5.74) is 2.00. The van der Waals surface area contributed by atoms with Gasteiger partial charge in [0.15, 0.2) is 17.1 Å². The van der Waals surface area contributed by atoms with Crippen LogP contribution in [0.25, 0.3) is 16.7 Å². The van der Waals surface area contributed by atoms with Crippen molar-refractivity contribution in [2.45, 2.75) is 32.9 Å². The van der Waals surface area contributed by atoms with E-state index in [-0.39, 0.29) is 18.0 Å². The summed E-state index contributed by atoms with van der Waals surface area (Å²) in [7, 11) is 0. The van der Waals surface area contributed by atoms with Crippen molar-refractivity contribution < 1.29 is 4.79 Å². The number of nitrogens with zero attached hydrogens (tertiary/aromatic N) is 6. The van der Waals surface area contributed by atoms with E-state index in [1.54, 1.807) is 18.5 Å². The van der Waals surface area contributed by atoms with Gasteiger partial charge in [0, 0.05) is 23.8 Å². The molecule has 4 aromatic heterocycles. The molecular formula is C18H19N7O. The molecule has 0 saturated carbocycles. The van der Waals surface area contributed by atoms with E-state index in [1.807, 2.05) is 54.2 Å². The van der Waals surface area contributed by atoms with Crippen molar-refractivity contribution in [3.05, 3.63) is 54.2 Å². The molecule has 0 aliphatic carbocycles. The van der Waals surface area contributed by atoms with Crippen molar-refractivity contribution >= 4 is 22.6 Å². The first-order chi connectivity index (χ1) is 12.5. The van der Waals surface area contributed by atoms with Crippen molar-refractivity contribution in [1.29, 1.82) is 0 Å². The van der Waals surface area contributed by atoms with Gasteiger partial charge < -0.3 is 5.32 Å². The number of pyridine rings is 2. The van der Waals surface area contributed by atoms with Gasteiger partial charge in [-0.2, -0.15) is 5.10 Å². The van der Waals surface area contributed by atoms with Gasteiger partial charge in [-0.3, -0.25) is 9.20 Å². The Morgan fingerprint density at radius 2 is 2.00 bits per heavy atom. The Hall–Kier alpha value is -3.29. The zero-order valence-electron chi connectivity index (χ0n) is 14.8. The summed E-state index contributed by atoms with van der Waals surface area (Å²) in [5.74, 6) is 0.465. The zero-order chi connectivity index (χ0) is 18.3. The number of hydrogen-bond acceptors (Lipinski definition) is 5. The lowest BCUT2D eigenvalue weighted by molar-refractivity contribution is 0.0938. The van der Waals surface area contributed by atoms with E-state index in [4.69, 9.17) is 0 Å². The predicted octanol–water partition coefficient (Wildman–Crippen LogP) is 2.55. The van der Waals surface area contributed by atoms with Crippen LogP contribution in [0, 0.1) is 0 Å². The van der Waals surface area contributed by atoms with Gasteiger partial charge >= 0.3 is 0 Å². The van der Waals surface area contributed by atoms with Crippen LogP contribution in [0.15, 0.2) is 42.9 Å². The minimum Gasteiger partial charge on any atom is -0.342 e. The first kappa shape index (κ1) is 16.2. The van der Waals surface area contributed by atoms with Crippen LogP contribution in [0.5, 0.6) is 0 Å². The van der Waals surface area contributed by atoms with Crippen LogP contribution in [0.3, 0.4) is 0 Å². The maximum atomic E-state index is 12.6. The molecule has 0 aliphatic rings. The topological polar surface area (TPSA) is 90.0 Å². The predicted molar refractivity (Wildman–Crippen MR) is 96.8 cm³/mol. The Balaban J connectivity index is 1.58. The van der Waals surface area contributed by atoms with Crippen LogP contribution < -0.4 is 5.32 Å². The van der Waals surface area contributed by atoms with Crippen molar-refractivity contribution in [2.24, 2.45) is 0 Å². The van der Waals surface area contributed by atoms with Gasteiger partial charge in [-0.25, -0.2) is 9.67 Å². The van der Waals surface area contributed by atoms with Gasteiger partial charge in [-0.05, 0) is 39.0 Å². The highest BCUT2D eigenvalue weighted by molar-refractivity contribution is 5.97. The summed E-state index contributed by atoms with van der Waals surface area (Å²) < 4.78 is 3.70. The summed E-state index contributed by atoms with van der Waals surface area (Å²) in [5, 5.41) is 16.4. The van der Waals surface area contributed by atoms with Gasteiger partial charge in [0.2, 0.25) is 0 Å². The van der Waals surface area contributed by atoms with E-state index in [9.17, 15) is 4.79 Å². The number of aromatic nitrogens is 6. The molecule has 1 N–H and O–H groups in total. The fourth-order valence-electron chi connectivity index (χ4n) is 2.94. The minimum absolute atomic E-state index is 0.209. The van der Waals surface area contributed by atoms with E-state index >= 15 is 0 Å². The second kappa shape index (κ2) is 6.21. The van der Waals surface area contributed by atoms with Crippen molar-refractivity contribution in [1.82, 2.24) is 34.7 Å². The molecule has 0 radical (unpaired) electrons. The zero-order valence-corrected chi connectivity index (χ0v) is 14.8. The quantitative estimate of drug-likeness (QED) is 0.611. The molecule has 26 heavy (non-hydrogen) atoms. The Labute approximate surface area is 149 Å². The lowest BCUT2D eigenvalue weighted by Gasteiger charge is -2.12. The second-order valence-corrected chi connectivity index (χ2v) is 6.50. The molecule has 0 unspecified atom stereocenters. The smallest absolute Gasteiger partial charge is 0.253 e. The number of carbonyl (C=O) groups excluding carboxylic acids is 1.